The van der Waals surface area contributed by atoms with E-state index in [1.54, 1.807) is 29.2 Å². The van der Waals surface area contributed by atoms with Crippen LogP contribution in [0.3, 0.4) is 0 Å². The number of morpholine rings is 1. The molecule has 0 aromatic heterocycles. The van der Waals surface area contributed by atoms with Gasteiger partial charge < -0.3 is 14.4 Å². The lowest BCUT2D eigenvalue weighted by atomic mass is 10.0. The van der Waals surface area contributed by atoms with Gasteiger partial charge >= 0.3 is 0 Å². The van der Waals surface area contributed by atoms with Gasteiger partial charge in [0.25, 0.3) is 11.8 Å². The van der Waals surface area contributed by atoms with Crippen molar-refractivity contribution in [1.29, 1.82) is 0 Å². The number of benzene rings is 2. The molecule has 2 amide bonds. The SMILES string of the molecule is CCCOc1ccc(C2=C(N3CCOCC3)C(=O)N(c3ccc(F)cc3F)C2=O)cc1. The van der Waals surface area contributed by atoms with Crippen molar-refractivity contribution in [2.45, 2.75) is 13.3 Å². The Morgan fingerprint density at radius 1 is 1.00 bits per heavy atom. The number of amides is 2. The molecule has 0 radical (unpaired) electrons. The number of ether oxygens (including phenoxy) is 2. The first-order chi connectivity index (χ1) is 15.0. The predicted octanol–water partition coefficient (Wildman–Crippen LogP) is 3.37. The molecule has 4 rings (SSSR count). The number of carbonyl (C=O) groups excluding carboxylic acids is 2. The zero-order valence-corrected chi connectivity index (χ0v) is 17.1. The molecule has 2 aromatic carbocycles. The standard InChI is InChI=1S/C23H22F2N2O4/c1-2-11-31-17-6-3-15(4-7-17)20-21(26-9-12-30-13-10-26)23(29)27(22(20)28)19-8-5-16(24)14-18(19)25/h3-8,14H,2,9-13H2,1H3. The molecule has 0 aliphatic carbocycles. The molecule has 1 fully saturated rings. The number of carbonyl (C=O) groups is 2. The summed E-state index contributed by atoms with van der Waals surface area (Å²) in [6, 6.07) is 9.64. The van der Waals surface area contributed by atoms with Crippen LogP contribution < -0.4 is 9.64 Å². The van der Waals surface area contributed by atoms with Gasteiger partial charge in [-0.15, -0.1) is 0 Å². The molecular weight excluding hydrogens is 406 g/mol. The van der Waals surface area contributed by atoms with Crippen molar-refractivity contribution in [3.63, 3.8) is 0 Å². The van der Waals surface area contributed by atoms with Crippen molar-refractivity contribution in [1.82, 2.24) is 4.90 Å². The zero-order valence-electron chi connectivity index (χ0n) is 17.1. The molecule has 0 atom stereocenters. The van der Waals surface area contributed by atoms with Gasteiger partial charge in [-0.25, -0.2) is 13.7 Å². The average Bonchev–Trinajstić information content (AvgIpc) is 3.03. The highest BCUT2D eigenvalue weighted by molar-refractivity contribution is 6.45. The van der Waals surface area contributed by atoms with Gasteiger partial charge in [0, 0.05) is 19.2 Å². The van der Waals surface area contributed by atoms with Crippen LogP contribution in [0.25, 0.3) is 5.57 Å². The van der Waals surface area contributed by atoms with Crippen LogP contribution in [-0.4, -0.2) is 49.6 Å². The third kappa shape index (κ3) is 4.03. The Labute approximate surface area is 178 Å². The highest BCUT2D eigenvalue weighted by Crippen LogP contribution is 2.36. The van der Waals surface area contributed by atoms with Crippen LogP contribution in [0.1, 0.15) is 18.9 Å². The summed E-state index contributed by atoms with van der Waals surface area (Å²) in [5.74, 6) is -2.41. The second-order valence-corrected chi connectivity index (χ2v) is 7.24. The topological polar surface area (TPSA) is 59.1 Å². The number of imide groups is 1. The van der Waals surface area contributed by atoms with Gasteiger partial charge in [-0.3, -0.25) is 9.59 Å². The number of halogens is 2. The van der Waals surface area contributed by atoms with E-state index in [0.29, 0.717) is 50.3 Å². The largest absolute Gasteiger partial charge is 0.494 e. The molecule has 2 aliphatic rings. The summed E-state index contributed by atoms with van der Waals surface area (Å²) >= 11 is 0. The van der Waals surface area contributed by atoms with E-state index in [4.69, 9.17) is 9.47 Å². The summed E-state index contributed by atoms with van der Waals surface area (Å²) < 4.78 is 38.8. The third-order valence-corrected chi connectivity index (χ3v) is 5.15. The Hall–Kier alpha value is -3.26. The monoisotopic (exact) mass is 428 g/mol. The van der Waals surface area contributed by atoms with E-state index >= 15 is 0 Å². The Kier molecular flexibility index (Phi) is 5.99. The highest BCUT2D eigenvalue weighted by atomic mass is 19.1. The van der Waals surface area contributed by atoms with Gasteiger partial charge in [-0.1, -0.05) is 19.1 Å². The molecule has 0 unspecified atom stereocenters. The van der Waals surface area contributed by atoms with Gasteiger partial charge in [-0.05, 0) is 36.2 Å². The van der Waals surface area contributed by atoms with E-state index in [9.17, 15) is 18.4 Å². The lowest BCUT2D eigenvalue weighted by Crippen LogP contribution is -2.40. The molecule has 8 heteroatoms. The number of anilines is 1. The van der Waals surface area contributed by atoms with Gasteiger partial charge in [-0.2, -0.15) is 0 Å². The maximum absolute atomic E-state index is 14.5. The first-order valence-corrected chi connectivity index (χ1v) is 10.1. The number of hydrogen-bond donors (Lipinski definition) is 0. The summed E-state index contributed by atoms with van der Waals surface area (Å²) in [4.78, 5) is 29.2. The van der Waals surface area contributed by atoms with E-state index in [-0.39, 0.29) is 17.0 Å². The summed E-state index contributed by atoms with van der Waals surface area (Å²) in [6.07, 6.45) is 0.860. The molecule has 162 valence electrons. The van der Waals surface area contributed by atoms with Crippen molar-refractivity contribution < 1.29 is 27.8 Å². The van der Waals surface area contributed by atoms with Crippen LogP contribution in [-0.2, 0) is 14.3 Å². The first kappa shape index (κ1) is 21.0. The van der Waals surface area contributed by atoms with E-state index in [1.165, 1.54) is 0 Å². The quantitative estimate of drug-likeness (QED) is 0.661. The Morgan fingerprint density at radius 2 is 1.71 bits per heavy atom. The maximum atomic E-state index is 14.5. The molecule has 0 spiro atoms. The molecule has 0 saturated carbocycles. The van der Waals surface area contributed by atoms with Crippen LogP contribution in [0.2, 0.25) is 0 Å². The minimum absolute atomic E-state index is 0.178. The Balaban J connectivity index is 1.76. The van der Waals surface area contributed by atoms with Crippen molar-refractivity contribution in [3.8, 4) is 5.75 Å². The smallest absolute Gasteiger partial charge is 0.282 e. The zero-order chi connectivity index (χ0) is 22.0. The van der Waals surface area contributed by atoms with E-state index in [1.807, 2.05) is 6.92 Å². The Morgan fingerprint density at radius 3 is 2.35 bits per heavy atom. The van der Waals surface area contributed by atoms with Crippen LogP contribution in [0.5, 0.6) is 5.75 Å². The van der Waals surface area contributed by atoms with Crippen LogP contribution >= 0.6 is 0 Å². The lowest BCUT2D eigenvalue weighted by molar-refractivity contribution is -0.121. The molecule has 2 aromatic rings. The van der Waals surface area contributed by atoms with E-state index in [0.717, 1.165) is 23.5 Å². The van der Waals surface area contributed by atoms with Crippen LogP contribution in [0, 0.1) is 11.6 Å². The van der Waals surface area contributed by atoms with Gasteiger partial charge in [0.15, 0.2) is 0 Å². The summed E-state index contributed by atoms with van der Waals surface area (Å²) in [6.45, 7) is 4.24. The normalized spacial score (nSPS) is 17.0. The minimum Gasteiger partial charge on any atom is -0.494 e. The average molecular weight is 428 g/mol. The summed E-state index contributed by atoms with van der Waals surface area (Å²) in [5, 5.41) is 0. The number of nitrogens with zero attached hydrogens (tertiary/aromatic N) is 2. The van der Waals surface area contributed by atoms with Crippen molar-refractivity contribution in [3.05, 3.63) is 65.4 Å². The minimum atomic E-state index is -0.979. The second kappa shape index (κ2) is 8.85. The fourth-order valence-electron chi connectivity index (χ4n) is 3.68. The van der Waals surface area contributed by atoms with E-state index in [2.05, 4.69) is 0 Å². The molecule has 31 heavy (non-hydrogen) atoms. The molecule has 1 saturated heterocycles. The first-order valence-electron chi connectivity index (χ1n) is 10.1. The molecule has 2 heterocycles. The summed E-state index contributed by atoms with van der Waals surface area (Å²) in [5.41, 5.74) is 0.616. The Bertz CT molecular complexity index is 1030. The molecule has 2 aliphatic heterocycles. The fourth-order valence-corrected chi connectivity index (χ4v) is 3.68. The summed E-state index contributed by atoms with van der Waals surface area (Å²) in [7, 11) is 0. The van der Waals surface area contributed by atoms with E-state index < -0.39 is 23.4 Å². The van der Waals surface area contributed by atoms with Crippen molar-refractivity contribution in [2.75, 3.05) is 37.8 Å². The second-order valence-electron chi connectivity index (χ2n) is 7.24. The lowest BCUT2D eigenvalue weighted by Gasteiger charge is -2.29. The molecule has 0 bridgehead atoms. The predicted molar refractivity (Wildman–Crippen MR) is 110 cm³/mol. The van der Waals surface area contributed by atoms with Crippen molar-refractivity contribution >= 4 is 23.1 Å². The molecular formula is C23H22F2N2O4. The third-order valence-electron chi connectivity index (χ3n) is 5.15. The van der Waals surface area contributed by atoms with Gasteiger partial charge in [0.1, 0.15) is 23.1 Å². The van der Waals surface area contributed by atoms with Gasteiger partial charge in [0.05, 0.1) is 31.1 Å². The van der Waals surface area contributed by atoms with Crippen molar-refractivity contribution in [2.24, 2.45) is 0 Å². The maximum Gasteiger partial charge on any atom is 0.282 e. The fraction of sp³-hybridized carbons (Fsp3) is 0.304. The molecule has 6 nitrogen and oxygen atoms in total. The van der Waals surface area contributed by atoms with Crippen LogP contribution in [0.15, 0.2) is 48.2 Å². The molecule has 0 N–H and O–H groups in total. The van der Waals surface area contributed by atoms with Gasteiger partial charge in [0.2, 0.25) is 0 Å². The highest BCUT2D eigenvalue weighted by Gasteiger charge is 2.43. The van der Waals surface area contributed by atoms with Crippen LogP contribution in [0.4, 0.5) is 14.5 Å². The number of hydrogen-bond acceptors (Lipinski definition) is 5. The number of rotatable bonds is 6.